The first-order chi connectivity index (χ1) is 11.6. The van der Waals surface area contributed by atoms with Crippen LogP contribution in [0, 0.1) is 0 Å². The van der Waals surface area contributed by atoms with Gasteiger partial charge < -0.3 is 19.6 Å². The summed E-state index contributed by atoms with van der Waals surface area (Å²) in [6.07, 6.45) is 5.02. The Morgan fingerprint density at radius 2 is 1.92 bits per heavy atom. The van der Waals surface area contributed by atoms with Gasteiger partial charge in [-0.25, -0.2) is 9.78 Å². The summed E-state index contributed by atoms with van der Waals surface area (Å²) < 4.78 is 10.4. The molecule has 0 spiro atoms. The highest BCUT2D eigenvalue weighted by Crippen LogP contribution is 2.29. The fourth-order valence-corrected chi connectivity index (χ4v) is 2.48. The smallest absolute Gasteiger partial charge is 0.336 e. The zero-order valence-corrected chi connectivity index (χ0v) is 13.2. The topological polar surface area (TPSA) is 84.4 Å². The molecule has 2 aromatic heterocycles. The summed E-state index contributed by atoms with van der Waals surface area (Å²) in [5.41, 5.74) is 2.09. The number of hydrogen-bond acceptors (Lipinski definition) is 4. The fourth-order valence-electron chi connectivity index (χ4n) is 2.48. The monoisotopic (exact) mass is 324 g/mol. The van der Waals surface area contributed by atoms with Crippen molar-refractivity contribution in [1.29, 1.82) is 0 Å². The Morgan fingerprint density at radius 3 is 2.54 bits per heavy atom. The van der Waals surface area contributed by atoms with Gasteiger partial charge >= 0.3 is 5.97 Å². The van der Waals surface area contributed by atoms with Crippen molar-refractivity contribution in [1.82, 2.24) is 9.97 Å². The van der Waals surface area contributed by atoms with Crippen molar-refractivity contribution in [3.63, 3.8) is 0 Å². The lowest BCUT2D eigenvalue weighted by molar-refractivity contribution is -0.130. The molecule has 0 bridgehead atoms. The maximum Gasteiger partial charge on any atom is 0.336 e. The van der Waals surface area contributed by atoms with Gasteiger partial charge in [-0.2, -0.15) is 0 Å². The number of ether oxygens (including phenoxy) is 2. The molecule has 2 N–H and O–H groups in total. The number of fused-ring (bicyclic) bond motifs is 1. The Hall–Kier alpha value is -3.28. The van der Waals surface area contributed by atoms with Gasteiger partial charge in [0, 0.05) is 29.4 Å². The molecule has 0 unspecified atom stereocenters. The van der Waals surface area contributed by atoms with Crippen LogP contribution in [0.3, 0.4) is 0 Å². The molecule has 6 heteroatoms. The van der Waals surface area contributed by atoms with Crippen molar-refractivity contribution in [3.05, 3.63) is 53.9 Å². The number of benzene rings is 1. The van der Waals surface area contributed by atoms with Crippen molar-refractivity contribution < 1.29 is 19.4 Å². The van der Waals surface area contributed by atoms with E-state index in [0.717, 1.165) is 10.9 Å². The van der Waals surface area contributed by atoms with Crippen LogP contribution in [-0.2, 0) is 4.79 Å². The van der Waals surface area contributed by atoms with Gasteiger partial charge in [0.25, 0.3) is 0 Å². The predicted octanol–water partition coefficient (Wildman–Crippen LogP) is 3.21. The van der Waals surface area contributed by atoms with Crippen molar-refractivity contribution in [3.8, 4) is 11.5 Å². The maximum absolute atomic E-state index is 11.8. The van der Waals surface area contributed by atoms with Gasteiger partial charge in [-0.3, -0.25) is 0 Å². The van der Waals surface area contributed by atoms with E-state index in [-0.39, 0.29) is 5.57 Å². The minimum absolute atomic E-state index is 0.136. The van der Waals surface area contributed by atoms with Crippen LogP contribution >= 0.6 is 0 Å². The first-order valence-corrected chi connectivity index (χ1v) is 7.23. The first-order valence-electron chi connectivity index (χ1n) is 7.23. The highest BCUT2D eigenvalue weighted by atomic mass is 16.5. The minimum atomic E-state index is -1.04. The Morgan fingerprint density at radius 1 is 1.21 bits per heavy atom. The summed E-state index contributed by atoms with van der Waals surface area (Å²) in [6.45, 7) is 0. The first kappa shape index (κ1) is 15.6. The molecule has 24 heavy (non-hydrogen) atoms. The third kappa shape index (κ3) is 2.94. The summed E-state index contributed by atoms with van der Waals surface area (Å²) in [5, 5.41) is 10.5. The minimum Gasteiger partial charge on any atom is -0.497 e. The SMILES string of the molecule is COc1cc(OC)cc(/C(=C/c2c[nH]c3ncccc23)C(=O)O)c1. The van der Waals surface area contributed by atoms with Crippen LogP contribution in [0.5, 0.6) is 11.5 Å². The average Bonchev–Trinajstić information content (AvgIpc) is 3.01. The van der Waals surface area contributed by atoms with Gasteiger partial charge in [0.05, 0.1) is 19.8 Å². The lowest BCUT2D eigenvalue weighted by atomic mass is 10.0. The molecule has 0 aliphatic heterocycles. The number of hydrogen-bond donors (Lipinski definition) is 2. The third-order valence-electron chi connectivity index (χ3n) is 3.68. The number of nitrogens with zero attached hydrogens (tertiary/aromatic N) is 1. The quantitative estimate of drug-likeness (QED) is 0.704. The molecule has 6 nitrogen and oxygen atoms in total. The lowest BCUT2D eigenvalue weighted by Crippen LogP contribution is -2.01. The normalized spacial score (nSPS) is 11.5. The van der Waals surface area contributed by atoms with E-state index in [2.05, 4.69) is 9.97 Å². The van der Waals surface area contributed by atoms with Gasteiger partial charge in [0.1, 0.15) is 17.1 Å². The average molecular weight is 324 g/mol. The number of carboxylic acids is 1. The summed E-state index contributed by atoms with van der Waals surface area (Å²) in [4.78, 5) is 19.0. The Balaban J connectivity index is 2.15. The molecule has 3 rings (SSSR count). The van der Waals surface area contributed by atoms with Crippen LogP contribution in [0.1, 0.15) is 11.1 Å². The molecule has 0 fully saturated rings. The van der Waals surface area contributed by atoms with E-state index in [4.69, 9.17) is 9.47 Å². The van der Waals surface area contributed by atoms with Gasteiger partial charge in [0.2, 0.25) is 0 Å². The molecule has 0 saturated heterocycles. The summed E-state index contributed by atoms with van der Waals surface area (Å²) in [7, 11) is 3.04. The van der Waals surface area contributed by atoms with Crippen LogP contribution in [0.4, 0.5) is 0 Å². The number of carbonyl (C=O) groups is 1. The van der Waals surface area contributed by atoms with E-state index in [0.29, 0.717) is 22.7 Å². The van der Waals surface area contributed by atoms with Gasteiger partial charge in [-0.05, 0) is 35.9 Å². The van der Waals surface area contributed by atoms with E-state index >= 15 is 0 Å². The number of aliphatic carboxylic acids is 1. The zero-order valence-electron chi connectivity index (χ0n) is 13.2. The predicted molar refractivity (Wildman–Crippen MR) is 91.1 cm³/mol. The second kappa shape index (κ2) is 6.45. The molecule has 3 aromatic rings. The second-order valence-electron chi connectivity index (χ2n) is 5.11. The molecule has 1 aromatic carbocycles. The standard InChI is InChI=1S/C18H16N2O4/c1-23-13-6-11(7-14(9-13)24-2)16(18(21)22)8-12-10-20-17-15(12)4-3-5-19-17/h3-10H,1-2H3,(H,19,20)(H,21,22)/b16-8-. The van der Waals surface area contributed by atoms with Crippen molar-refractivity contribution in [2.24, 2.45) is 0 Å². The number of carboxylic acid groups (broad SMARTS) is 1. The second-order valence-corrected chi connectivity index (χ2v) is 5.11. The summed E-state index contributed by atoms with van der Waals surface area (Å²) >= 11 is 0. The number of H-pyrrole nitrogens is 1. The molecular formula is C18H16N2O4. The van der Waals surface area contributed by atoms with Crippen LogP contribution in [0.2, 0.25) is 0 Å². The molecule has 2 heterocycles. The molecule has 0 aliphatic rings. The number of aromatic amines is 1. The van der Waals surface area contributed by atoms with Crippen LogP contribution in [0.15, 0.2) is 42.7 Å². The van der Waals surface area contributed by atoms with E-state index in [1.165, 1.54) is 14.2 Å². The Kier molecular flexibility index (Phi) is 4.20. The van der Waals surface area contributed by atoms with E-state index in [1.54, 1.807) is 36.7 Å². The molecule has 122 valence electrons. The number of nitrogens with one attached hydrogen (secondary N) is 1. The van der Waals surface area contributed by atoms with Crippen molar-refractivity contribution >= 4 is 28.7 Å². The van der Waals surface area contributed by atoms with Crippen molar-refractivity contribution in [2.75, 3.05) is 14.2 Å². The Labute approximate surface area is 138 Å². The van der Waals surface area contributed by atoms with Gasteiger partial charge in [0.15, 0.2) is 0 Å². The highest BCUT2D eigenvalue weighted by Gasteiger charge is 2.15. The molecule has 0 amide bonds. The van der Waals surface area contributed by atoms with Crippen LogP contribution in [0.25, 0.3) is 22.7 Å². The number of pyridine rings is 1. The third-order valence-corrected chi connectivity index (χ3v) is 3.68. The lowest BCUT2D eigenvalue weighted by Gasteiger charge is -2.09. The van der Waals surface area contributed by atoms with Crippen LogP contribution < -0.4 is 9.47 Å². The Bertz CT molecular complexity index is 905. The molecule has 0 atom stereocenters. The maximum atomic E-state index is 11.8. The van der Waals surface area contributed by atoms with Gasteiger partial charge in [-0.1, -0.05) is 0 Å². The van der Waals surface area contributed by atoms with Gasteiger partial charge in [-0.15, -0.1) is 0 Å². The number of methoxy groups -OCH3 is 2. The summed E-state index contributed by atoms with van der Waals surface area (Å²) in [5.74, 6) is 0.0118. The fraction of sp³-hybridized carbons (Fsp3) is 0.111. The highest BCUT2D eigenvalue weighted by molar-refractivity contribution is 6.21. The van der Waals surface area contributed by atoms with Crippen molar-refractivity contribution in [2.45, 2.75) is 0 Å². The molecule has 0 aliphatic carbocycles. The zero-order chi connectivity index (χ0) is 17.1. The number of aromatic nitrogens is 2. The molecular weight excluding hydrogens is 308 g/mol. The summed E-state index contributed by atoms with van der Waals surface area (Å²) in [6, 6.07) is 8.71. The van der Waals surface area contributed by atoms with E-state index < -0.39 is 5.97 Å². The van der Waals surface area contributed by atoms with E-state index in [1.807, 2.05) is 12.1 Å². The van der Waals surface area contributed by atoms with E-state index in [9.17, 15) is 9.90 Å². The van der Waals surface area contributed by atoms with Crippen LogP contribution in [-0.4, -0.2) is 35.3 Å². The molecule has 0 radical (unpaired) electrons. The largest absolute Gasteiger partial charge is 0.497 e. The molecule has 0 saturated carbocycles. The number of rotatable bonds is 5.